The zero-order valence-electron chi connectivity index (χ0n) is 9.36. The molecule has 0 aliphatic heterocycles. The van der Waals surface area contributed by atoms with Crippen LogP contribution in [0.5, 0.6) is 0 Å². The van der Waals surface area contributed by atoms with Crippen molar-refractivity contribution in [2.45, 2.75) is 12.4 Å². The van der Waals surface area contributed by atoms with Gasteiger partial charge in [0.25, 0.3) is 0 Å². The van der Waals surface area contributed by atoms with Crippen molar-refractivity contribution >= 4 is 40.2 Å². The van der Waals surface area contributed by atoms with Gasteiger partial charge in [-0.05, 0) is 11.6 Å². The highest BCUT2D eigenvalue weighted by molar-refractivity contribution is 7.07. The zero-order chi connectivity index (χ0) is 12.3. The first-order chi connectivity index (χ1) is 8.22. The molecule has 1 heterocycles. The number of hydrogen-bond donors (Lipinski definition) is 0. The summed E-state index contributed by atoms with van der Waals surface area (Å²) in [6.45, 7) is 0.733. The summed E-state index contributed by atoms with van der Waals surface area (Å²) in [4.78, 5) is 6.35. The third-order valence-corrected chi connectivity index (χ3v) is 3.71. The second-order valence-corrected chi connectivity index (χ2v) is 5.11. The number of rotatable bonds is 4. The van der Waals surface area contributed by atoms with Crippen LogP contribution in [0.4, 0.5) is 5.69 Å². The number of benzene rings is 1. The van der Waals surface area contributed by atoms with Gasteiger partial charge in [0.05, 0.1) is 28.5 Å². The Bertz CT molecular complexity index is 485. The predicted octanol–water partition coefficient (Wildman–Crippen LogP) is 4.17. The molecule has 0 fully saturated rings. The van der Waals surface area contributed by atoms with Gasteiger partial charge in [0.1, 0.15) is 0 Å². The Hall–Kier alpha value is -0.770. The van der Waals surface area contributed by atoms with Gasteiger partial charge < -0.3 is 4.90 Å². The van der Waals surface area contributed by atoms with Crippen molar-refractivity contribution in [1.82, 2.24) is 4.98 Å². The minimum Gasteiger partial charge on any atom is -0.367 e. The third-order valence-electron chi connectivity index (χ3n) is 2.48. The van der Waals surface area contributed by atoms with Crippen LogP contribution < -0.4 is 4.90 Å². The number of halogens is 2. The summed E-state index contributed by atoms with van der Waals surface area (Å²) in [5.74, 6) is 0.456. The maximum atomic E-state index is 6.23. The molecule has 0 spiro atoms. The molecule has 5 heteroatoms. The SMILES string of the molecule is CN(Cc1cscn1)c1c(Cl)cccc1CCl. The molecule has 2 aromatic rings. The van der Waals surface area contributed by atoms with Crippen LogP contribution in [0.3, 0.4) is 0 Å². The van der Waals surface area contributed by atoms with E-state index in [1.807, 2.05) is 36.1 Å². The number of nitrogens with zero attached hydrogens (tertiary/aromatic N) is 2. The van der Waals surface area contributed by atoms with E-state index in [1.54, 1.807) is 11.3 Å². The molecule has 0 aliphatic rings. The molecule has 0 radical (unpaired) electrons. The lowest BCUT2D eigenvalue weighted by molar-refractivity contribution is 0.889. The molecular weight excluding hydrogens is 275 g/mol. The van der Waals surface area contributed by atoms with Gasteiger partial charge in [-0.25, -0.2) is 4.98 Å². The number of alkyl halides is 1. The minimum absolute atomic E-state index is 0.456. The molecule has 1 aromatic carbocycles. The van der Waals surface area contributed by atoms with E-state index in [0.29, 0.717) is 5.88 Å². The second kappa shape index (κ2) is 5.71. The van der Waals surface area contributed by atoms with Crippen LogP contribution in [-0.2, 0) is 12.4 Å². The Balaban J connectivity index is 2.26. The van der Waals surface area contributed by atoms with Gasteiger partial charge in [-0.1, -0.05) is 23.7 Å². The molecule has 90 valence electrons. The average Bonchev–Trinajstić information content (AvgIpc) is 2.81. The van der Waals surface area contributed by atoms with Gasteiger partial charge in [-0.3, -0.25) is 0 Å². The van der Waals surface area contributed by atoms with E-state index in [4.69, 9.17) is 23.2 Å². The monoisotopic (exact) mass is 286 g/mol. The first-order valence-electron chi connectivity index (χ1n) is 5.14. The minimum atomic E-state index is 0.456. The maximum absolute atomic E-state index is 6.23. The van der Waals surface area contributed by atoms with Gasteiger partial charge in [-0.15, -0.1) is 22.9 Å². The summed E-state index contributed by atoms with van der Waals surface area (Å²) < 4.78 is 0. The van der Waals surface area contributed by atoms with Gasteiger partial charge in [0.15, 0.2) is 0 Å². The maximum Gasteiger partial charge on any atom is 0.0795 e. The largest absolute Gasteiger partial charge is 0.367 e. The lowest BCUT2D eigenvalue weighted by Gasteiger charge is -2.22. The lowest BCUT2D eigenvalue weighted by atomic mass is 10.2. The summed E-state index contributed by atoms with van der Waals surface area (Å²) in [6.07, 6.45) is 0. The second-order valence-electron chi connectivity index (χ2n) is 3.72. The lowest BCUT2D eigenvalue weighted by Crippen LogP contribution is -2.18. The topological polar surface area (TPSA) is 16.1 Å². The van der Waals surface area contributed by atoms with Crippen molar-refractivity contribution in [3.63, 3.8) is 0 Å². The summed E-state index contributed by atoms with van der Waals surface area (Å²) in [5.41, 5.74) is 4.89. The molecule has 17 heavy (non-hydrogen) atoms. The fraction of sp³-hybridized carbons (Fsp3) is 0.250. The Morgan fingerprint density at radius 3 is 2.88 bits per heavy atom. The normalized spacial score (nSPS) is 10.5. The molecule has 0 saturated heterocycles. The van der Waals surface area contributed by atoms with E-state index >= 15 is 0 Å². The predicted molar refractivity (Wildman–Crippen MR) is 75.2 cm³/mol. The fourth-order valence-corrected chi connectivity index (χ4v) is 2.84. The van der Waals surface area contributed by atoms with Crippen molar-refractivity contribution in [3.8, 4) is 0 Å². The fourth-order valence-electron chi connectivity index (χ4n) is 1.73. The Labute approximate surface area is 115 Å². The number of aromatic nitrogens is 1. The van der Waals surface area contributed by atoms with E-state index in [2.05, 4.69) is 9.88 Å². The molecule has 2 rings (SSSR count). The molecule has 0 amide bonds. The molecule has 2 nitrogen and oxygen atoms in total. The van der Waals surface area contributed by atoms with Crippen molar-refractivity contribution < 1.29 is 0 Å². The van der Waals surface area contributed by atoms with E-state index < -0.39 is 0 Å². The molecule has 0 saturated carbocycles. The van der Waals surface area contributed by atoms with Crippen LogP contribution in [0.1, 0.15) is 11.3 Å². The third kappa shape index (κ3) is 2.92. The number of anilines is 1. The average molecular weight is 287 g/mol. The molecular formula is C12H12Cl2N2S. The summed E-state index contributed by atoms with van der Waals surface area (Å²) in [6, 6.07) is 5.79. The zero-order valence-corrected chi connectivity index (χ0v) is 11.7. The van der Waals surface area contributed by atoms with E-state index in [-0.39, 0.29) is 0 Å². The van der Waals surface area contributed by atoms with Crippen LogP contribution in [0.25, 0.3) is 0 Å². The van der Waals surface area contributed by atoms with Crippen molar-refractivity contribution in [2.75, 3.05) is 11.9 Å². The molecule has 0 atom stereocenters. The number of hydrogen-bond acceptors (Lipinski definition) is 3. The van der Waals surface area contributed by atoms with Crippen LogP contribution >= 0.6 is 34.5 Å². The van der Waals surface area contributed by atoms with Crippen molar-refractivity contribution in [2.24, 2.45) is 0 Å². The first kappa shape index (κ1) is 12.7. The van der Waals surface area contributed by atoms with Gasteiger partial charge in [0, 0.05) is 18.3 Å². The number of para-hydroxylation sites is 1. The Morgan fingerprint density at radius 1 is 1.41 bits per heavy atom. The molecule has 0 bridgehead atoms. The van der Waals surface area contributed by atoms with Crippen molar-refractivity contribution in [1.29, 1.82) is 0 Å². The van der Waals surface area contributed by atoms with Crippen LogP contribution in [-0.4, -0.2) is 12.0 Å². The van der Waals surface area contributed by atoms with Crippen LogP contribution in [0.15, 0.2) is 29.1 Å². The smallest absolute Gasteiger partial charge is 0.0795 e. The highest BCUT2D eigenvalue weighted by Crippen LogP contribution is 2.31. The molecule has 0 N–H and O–H groups in total. The quantitative estimate of drug-likeness (QED) is 0.784. The van der Waals surface area contributed by atoms with Gasteiger partial charge in [0.2, 0.25) is 0 Å². The summed E-state index contributed by atoms with van der Waals surface area (Å²) in [7, 11) is 2.00. The molecule has 1 aromatic heterocycles. The van der Waals surface area contributed by atoms with E-state index in [1.165, 1.54) is 0 Å². The molecule has 0 aliphatic carbocycles. The van der Waals surface area contributed by atoms with E-state index in [0.717, 1.165) is 28.5 Å². The number of thiazole rings is 1. The van der Waals surface area contributed by atoms with Crippen molar-refractivity contribution in [3.05, 3.63) is 45.4 Å². The highest BCUT2D eigenvalue weighted by atomic mass is 35.5. The van der Waals surface area contributed by atoms with E-state index in [9.17, 15) is 0 Å². The Kier molecular flexibility index (Phi) is 4.26. The summed E-state index contributed by atoms with van der Waals surface area (Å²) in [5, 5.41) is 2.76. The summed E-state index contributed by atoms with van der Waals surface area (Å²) >= 11 is 13.8. The first-order valence-corrected chi connectivity index (χ1v) is 6.99. The molecule has 0 unspecified atom stereocenters. The van der Waals surface area contributed by atoms with Gasteiger partial charge >= 0.3 is 0 Å². The highest BCUT2D eigenvalue weighted by Gasteiger charge is 2.12. The Morgan fingerprint density at radius 2 is 2.24 bits per heavy atom. The van der Waals surface area contributed by atoms with Crippen LogP contribution in [0, 0.1) is 0 Å². The van der Waals surface area contributed by atoms with Crippen LogP contribution in [0.2, 0.25) is 5.02 Å². The van der Waals surface area contributed by atoms with Gasteiger partial charge in [-0.2, -0.15) is 0 Å². The standard InChI is InChI=1S/C12H12Cl2N2S/c1-16(6-10-7-17-8-15-10)12-9(5-13)3-2-4-11(12)14/h2-4,7-8H,5-6H2,1H3.